The van der Waals surface area contributed by atoms with Crippen LogP contribution in [0, 0.1) is 0 Å². The zero-order valence-electron chi connectivity index (χ0n) is 9.14. The van der Waals surface area contributed by atoms with Crippen LogP contribution in [-0.2, 0) is 11.3 Å². The summed E-state index contributed by atoms with van der Waals surface area (Å²) in [6.45, 7) is 4.29. The Bertz CT molecular complexity index is 540. The molecule has 0 fully saturated rings. The van der Waals surface area contributed by atoms with Crippen LogP contribution in [0.15, 0.2) is 43.0 Å². The minimum atomic E-state index is -0.321. The molecule has 0 saturated carbocycles. The third kappa shape index (κ3) is 1.60. The molecule has 0 unspecified atom stereocenters. The van der Waals surface area contributed by atoms with Gasteiger partial charge >= 0.3 is 5.97 Å². The molecule has 0 aliphatic carbocycles. The summed E-state index contributed by atoms with van der Waals surface area (Å²) in [5.74, 6) is -0.321. The molecule has 0 amide bonds. The van der Waals surface area contributed by atoms with E-state index in [0.717, 1.165) is 10.9 Å². The minimum absolute atomic E-state index is 0.321. The number of aromatic nitrogens is 1. The largest absolute Gasteiger partial charge is 0.464 e. The van der Waals surface area contributed by atoms with Crippen molar-refractivity contribution in [2.75, 3.05) is 7.11 Å². The monoisotopic (exact) mass is 215 g/mol. The van der Waals surface area contributed by atoms with Gasteiger partial charge in [-0.2, -0.15) is 0 Å². The first kappa shape index (κ1) is 10.5. The Morgan fingerprint density at radius 2 is 2.25 bits per heavy atom. The highest BCUT2D eigenvalue weighted by Gasteiger charge is 2.14. The summed E-state index contributed by atoms with van der Waals surface area (Å²) in [5, 5.41) is 1.03. The fourth-order valence-corrected chi connectivity index (χ4v) is 1.81. The Morgan fingerprint density at radius 3 is 2.94 bits per heavy atom. The van der Waals surface area contributed by atoms with Gasteiger partial charge in [0.2, 0.25) is 0 Å². The van der Waals surface area contributed by atoms with Crippen molar-refractivity contribution in [2.45, 2.75) is 6.54 Å². The molecule has 82 valence electrons. The highest BCUT2D eigenvalue weighted by Crippen LogP contribution is 2.20. The molecular formula is C13H13NO2. The van der Waals surface area contributed by atoms with Crippen LogP contribution >= 0.6 is 0 Å². The van der Waals surface area contributed by atoms with Gasteiger partial charge in [-0.1, -0.05) is 24.3 Å². The van der Waals surface area contributed by atoms with Crippen molar-refractivity contribution >= 4 is 16.9 Å². The highest BCUT2D eigenvalue weighted by molar-refractivity contribution is 5.95. The molecule has 0 radical (unpaired) electrons. The summed E-state index contributed by atoms with van der Waals surface area (Å²) >= 11 is 0. The van der Waals surface area contributed by atoms with Crippen molar-refractivity contribution < 1.29 is 9.53 Å². The van der Waals surface area contributed by atoms with Crippen LogP contribution in [0.3, 0.4) is 0 Å². The molecule has 1 heterocycles. The second-order valence-electron chi connectivity index (χ2n) is 3.48. The SMILES string of the molecule is C=CCn1c(C(=O)OC)cc2ccccc21. The van der Waals surface area contributed by atoms with Gasteiger partial charge in [0, 0.05) is 17.4 Å². The van der Waals surface area contributed by atoms with Gasteiger partial charge in [-0.25, -0.2) is 4.79 Å². The molecule has 0 N–H and O–H groups in total. The lowest BCUT2D eigenvalue weighted by atomic mass is 10.2. The summed E-state index contributed by atoms with van der Waals surface area (Å²) in [4.78, 5) is 11.6. The summed E-state index contributed by atoms with van der Waals surface area (Å²) < 4.78 is 6.66. The van der Waals surface area contributed by atoms with E-state index in [-0.39, 0.29) is 5.97 Å². The van der Waals surface area contributed by atoms with Crippen molar-refractivity contribution in [1.29, 1.82) is 0 Å². The Labute approximate surface area is 93.9 Å². The number of carbonyl (C=O) groups excluding carboxylic acids is 1. The van der Waals surface area contributed by atoms with Gasteiger partial charge in [0.05, 0.1) is 7.11 Å². The number of methoxy groups -OCH3 is 1. The maximum absolute atomic E-state index is 11.6. The highest BCUT2D eigenvalue weighted by atomic mass is 16.5. The van der Waals surface area contributed by atoms with Crippen LogP contribution in [0.1, 0.15) is 10.5 Å². The lowest BCUT2D eigenvalue weighted by molar-refractivity contribution is 0.0589. The molecule has 0 spiro atoms. The Hall–Kier alpha value is -2.03. The number of carbonyl (C=O) groups is 1. The van der Waals surface area contributed by atoms with Crippen molar-refractivity contribution in [3.63, 3.8) is 0 Å². The number of fused-ring (bicyclic) bond motifs is 1. The topological polar surface area (TPSA) is 31.2 Å². The average molecular weight is 215 g/mol. The molecule has 3 nitrogen and oxygen atoms in total. The van der Waals surface area contributed by atoms with Crippen molar-refractivity contribution in [1.82, 2.24) is 4.57 Å². The van der Waals surface area contributed by atoms with Gasteiger partial charge in [0.1, 0.15) is 5.69 Å². The van der Waals surface area contributed by atoms with Gasteiger partial charge in [-0.05, 0) is 12.1 Å². The van der Waals surface area contributed by atoms with E-state index in [4.69, 9.17) is 4.74 Å². The summed E-state index contributed by atoms with van der Waals surface area (Å²) in [6, 6.07) is 9.68. The van der Waals surface area contributed by atoms with Gasteiger partial charge in [-0.3, -0.25) is 0 Å². The molecule has 0 bridgehead atoms. The predicted octanol–water partition coefficient (Wildman–Crippen LogP) is 2.61. The molecule has 16 heavy (non-hydrogen) atoms. The number of esters is 1. The number of hydrogen-bond acceptors (Lipinski definition) is 2. The van der Waals surface area contributed by atoms with E-state index in [1.54, 1.807) is 6.08 Å². The number of ether oxygens (including phenoxy) is 1. The van der Waals surface area contributed by atoms with E-state index in [0.29, 0.717) is 12.2 Å². The molecule has 1 aromatic heterocycles. The van der Waals surface area contributed by atoms with Crippen LogP contribution in [0.4, 0.5) is 0 Å². The molecule has 0 atom stereocenters. The van der Waals surface area contributed by atoms with Crippen LogP contribution in [0.2, 0.25) is 0 Å². The standard InChI is InChI=1S/C13H13NO2/c1-3-8-14-11-7-5-4-6-10(11)9-12(14)13(15)16-2/h3-7,9H,1,8H2,2H3. The van der Waals surface area contributed by atoms with E-state index < -0.39 is 0 Å². The number of nitrogens with zero attached hydrogens (tertiary/aromatic N) is 1. The smallest absolute Gasteiger partial charge is 0.354 e. The fourth-order valence-electron chi connectivity index (χ4n) is 1.81. The number of para-hydroxylation sites is 1. The number of rotatable bonds is 3. The molecular weight excluding hydrogens is 202 g/mol. The summed E-state index contributed by atoms with van der Waals surface area (Å²) in [5.41, 5.74) is 1.58. The normalized spacial score (nSPS) is 10.3. The maximum Gasteiger partial charge on any atom is 0.354 e. The van der Waals surface area contributed by atoms with Crippen LogP contribution in [-0.4, -0.2) is 17.6 Å². The van der Waals surface area contributed by atoms with Gasteiger partial charge in [-0.15, -0.1) is 6.58 Å². The molecule has 2 rings (SSSR count). The van der Waals surface area contributed by atoms with Crippen LogP contribution < -0.4 is 0 Å². The van der Waals surface area contributed by atoms with Gasteiger partial charge in [0.25, 0.3) is 0 Å². The predicted molar refractivity (Wildman–Crippen MR) is 63.5 cm³/mol. The van der Waals surface area contributed by atoms with Crippen LogP contribution in [0.5, 0.6) is 0 Å². The average Bonchev–Trinajstić information content (AvgIpc) is 2.68. The van der Waals surface area contributed by atoms with Crippen molar-refractivity contribution in [2.24, 2.45) is 0 Å². The van der Waals surface area contributed by atoms with E-state index in [1.807, 2.05) is 34.9 Å². The van der Waals surface area contributed by atoms with Crippen molar-refractivity contribution in [3.05, 3.63) is 48.7 Å². The van der Waals surface area contributed by atoms with Gasteiger partial charge in [0.15, 0.2) is 0 Å². The first-order valence-corrected chi connectivity index (χ1v) is 5.05. The molecule has 3 heteroatoms. The zero-order chi connectivity index (χ0) is 11.5. The van der Waals surface area contributed by atoms with Crippen molar-refractivity contribution in [3.8, 4) is 0 Å². The van der Waals surface area contributed by atoms with E-state index in [9.17, 15) is 4.79 Å². The van der Waals surface area contributed by atoms with Crippen LogP contribution in [0.25, 0.3) is 10.9 Å². The van der Waals surface area contributed by atoms with E-state index in [2.05, 4.69) is 6.58 Å². The second-order valence-corrected chi connectivity index (χ2v) is 3.48. The summed E-state index contributed by atoms with van der Waals surface area (Å²) in [6.07, 6.45) is 1.76. The third-order valence-corrected chi connectivity index (χ3v) is 2.52. The molecule has 1 aromatic carbocycles. The maximum atomic E-state index is 11.6. The zero-order valence-corrected chi connectivity index (χ0v) is 9.14. The summed E-state index contributed by atoms with van der Waals surface area (Å²) in [7, 11) is 1.39. The fraction of sp³-hybridized carbons (Fsp3) is 0.154. The lowest BCUT2D eigenvalue weighted by Crippen LogP contribution is -2.09. The Kier molecular flexibility index (Phi) is 2.77. The Morgan fingerprint density at radius 1 is 1.50 bits per heavy atom. The molecule has 2 aromatic rings. The quantitative estimate of drug-likeness (QED) is 0.582. The first-order valence-electron chi connectivity index (χ1n) is 5.05. The number of hydrogen-bond donors (Lipinski definition) is 0. The van der Waals surface area contributed by atoms with E-state index in [1.165, 1.54) is 7.11 Å². The number of allylic oxidation sites excluding steroid dienone is 1. The third-order valence-electron chi connectivity index (χ3n) is 2.52. The molecule has 0 aliphatic heterocycles. The first-order chi connectivity index (χ1) is 7.77. The van der Waals surface area contributed by atoms with E-state index >= 15 is 0 Å². The second kappa shape index (κ2) is 4.23. The number of benzene rings is 1. The minimum Gasteiger partial charge on any atom is -0.464 e. The lowest BCUT2D eigenvalue weighted by Gasteiger charge is -2.05. The molecule has 0 aliphatic rings. The van der Waals surface area contributed by atoms with Gasteiger partial charge < -0.3 is 9.30 Å². The Balaban J connectivity index is 2.67. The molecule has 0 saturated heterocycles.